The predicted octanol–water partition coefficient (Wildman–Crippen LogP) is 4.87. The van der Waals surface area contributed by atoms with Gasteiger partial charge in [0.25, 0.3) is 0 Å². The van der Waals surface area contributed by atoms with Gasteiger partial charge in [0, 0.05) is 5.56 Å². The number of carbonyl (C=O) groups excluding carboxylic acids is 1. The SMILES string of the molecule is N#C/C(=C/c1cccc(OC(=O)COc2ccccc2)c1)c1ccccc1F. The molecule has 0 unspecified atom stereocenters. The van der Waals surface area contributed by atoms with Gasteiger partial charge in [-0.25, -0.2) is 9.18 Å². The number of ether oxygens (including phenoxy) is 2. The van der Waals surface area contributed by atoms with E-state index in [1.807, 2.05) is 12.1 Å². The lowest BCUT2D eigenvalue weighted by Crippen LogP contribution is -2.17. The van der Waals surface area contributed by atoms with E-state index in [9.17, 15) is 14.4 Å². The zero-order chi connectivity index (χ0) is 19.8. The number of carbonyl (C=O) groups is 1. The van der Waals surface area contributed by atoms with Gasteiger partial charge in [0.15, 0.2) is 6.61 Å². The molecule has 0 fully saturated rings. The van der Waals surface area contributed by atoms with Gasteiger partial charge in [-0.15, -0.1) is 0 Å². The molecule has 0 N–H and O–H groups in total. The first-order valence-electron chi connectivity index (χ1n) is 8.51. The van der Waals surface area contributed by atoms with Crippen LogP contribution in [0.5, 0.6) is 11.5 Å². The van der Waals surface area contributed by atoms with Gasteiger partial charge in [0.1, 0.15) is 17.3 Å². The summed E-state index contributed by atoms with van der Waals surface area (Å²) in [5, 5.41) is 9.37. The van der Waals surface area contributed by atoms with Crippen molar-refractivity contribution in [1.82, 2.24) is 0 Å². The maximum atomic E-state index is 13.9. The van der Waals surface area contributed by atoms with Crippen molar-refractivity contribution in [1.29, 1.82) is 5.26 Å². The largest absolute Gasteiger partial charge is 0.482 e. The van der Waals surface area contributed by atoms with Crippen molar-refractivity contribution in [3.05, 3.63) is 95.8 Å². The minimum absolute atomic E-state index is 0.175. The van der Waals surface area contributed by atoms with Gasteiger partial charge >= 0.3 is 5.97 Å². The molecule has 138 valence electrons. The summed E-state index contributed by atoms with van der Waals surface area (Å²) in [6, 6.07) is 23.6. The first-order chi connectivity index (χ1) is 13.7. The van der Waals surface area contributed by atoms with Crippen LogP contribution in [-0.4, -0.2) is 12.6 Å². The van der Waals surface area contributed by atoms with Crippen LogP contribution in [0.25, 0.3) is 11.6 Å². The Hall–Kier alpha value is -3.91. The summed E-state index contributed by atoms with van der Waals surface area (Å²) in [7, 11) is 0. The van der Waals surface area contributed by atoms with Crippen molar-refractivity contribution in [2.45, 2.75) is 0 Å². The fraction of sp³-hybridized carbons (Fsp3) is 0.0435. The highest BCUT2D eigenvalue weighted by Crippen LogP contribution is 2.22. The second-order valence-corrected chi connectivity index (χ2v) is 5.80. The van der Waals surface area contributed by atoms with Crippen LogP contribution in [0.15, 0.2) is 78.9 Å². The van der Waals surface area contributed by atoms with E-state index in [-0.39, 0.29) is 17.7 Å². The van der Waals surface area contributed by atoms with Crippen LogP contribution in [-0.2, 0) is 4.79 Å². The van der Waals surface area contributed by atoms with Crippen LogP contribution in [0.1, 0.15) is 11.1 Å². The molecule has 28 heavy (non-hydrogen) atoms. The van der Waals surface area contributed by atoms with Crippen molar-refractivity contribution in [2.75, 3.05) is 6.61 Å². The number of rotatable bonds is 6. The van der Waals surface area contributed by atoms with Crippen LogP contribution in [0.2, 0.25) is 0 Å². The standard InChI is InChI=1S/C23H16FNO3/c24-22-12-5-4-11-21(22)18(15-25)13-17-7-6-10-20(14-17)28-23(26)16-27-19-8-2-1-3-9-19/h1-14H,16H2/b18-13-. The van der Waals surface area contributed by atoms with Gasteiger partial charge in [0.05, 0.1) is 11.6 Å². The summed E-state index contributed by atoms with van der Waals surface area (Å²) in [6.45, 7) is -0.233. The summed E-state index contributed by atoms with van der Waals surface area (Å²) in [5.74, 6) is -0.156. The van der Waals surface area contributed by atoms with E-state index in [2.05, 4.69) is 0 Å². The van der Waals surface area contributed by atoms with Gasteiger partial charge in [-0.2, -0.15) is 5.26 Å². The zero-order valence-corrected chi connectivity index (χ0v) is 14.8. The van der Waals surface area contributed by atoms with Crippen molar-refractivity contribution in [2.24, 2.45) is 0 Å². The summed E-state index contributed by atoms with van der Waals surface area (Å²) >= 11 is 0. The smallest absolute Gasteiger partial charge is 0.349 e. The van der Waals surface area contributed by atoms with Gasteiger partial charge in [-0.3, -0.25) is 0 Å². The van der Waals surface area contributed by atoms with Gasteiger partial charge < -0.3 is 9.47 Å². The second kappa shape index (κ2) is 9.15. The Bertz CT molecular complexity index is 1040. The molecule has 0 bridgehead atoms. The minimum Gasteiger partial charge on any atom is -0.482 e. The molecule has 0 spiro atoms. The number of halogens is 1. The molecular formula is C23H16FNO3. The summed E-state index contributed by atoms with van der Waals surface area (Å²) in [4.78, 5) is 12.0. The molecule has 0 amide bonds. The molecule has 0 aliphatic heterocycles. The van der Waals surface area contributed by atoms with Crippen LogP contribution < -0.4 is 9.47 Å². The maximum Gasteiger partial charge on any atom is 0.349 e. The highest BCUT2D eigenvalue weighted by molar-refractivity contribution is 5.90. The maximum absolute atomic E-state index is 13.9. The molecule has 3 aromatic carbocycles. The Balaban J connectivity index is 1.70. The third-order valence-corrected chi connectivity index (χ3v) is 3.79. The summed E-state index contributed by atoms with van der Waals surface area (Å²) < 4.78 is 24.6. The number of allylic oxidation sites excluding steroid dienone is 1. The molecule has 5 heteroatoms. The first-order valence-corrected chi connectivity index (χ1v) is 8.51. The first kappa shape index (κ1) is 18.9. The molecule has 0 aliphatic rings. The van der Waals surface area contributed by atoms with E-state index in [0.717, 1.165) is 0 Å². The van der Waals surface area contributed by atoms with Crippen LogP contribution in [0.3, 0.4) is 0 Å². The Morgan fingerprint density at radius 1 is 0.964 bits per heavy atom. The molecule has 0 heterocycles. The fourth-order valence-corrected chi connectivity index (χ4v) is 2.50. The zero-order valence-electron chi connectivity index (χ0n) is 14.8. The van der Waals surface area contributed by atoms with Gasteiger partial charge in [-0.05, 0) is 42.0 Å². The number of nitrogens with zero attached hydrogens (tertiary/aromatic N) is 1. The molecule has 0 saturated heterocycles. The Kier molecular flexibility index (Phi) is 6.17. The number of benzene rings is 3. The predicted molar refractivity (Wildman–Crippen MR) is 104 cm³/mol. The molecule has 0 radical (unpaired) electrons. The molecular weight excluding hydrogens is 357 g/mol. The lowest BCUT2D eigenvalue weighted by molar-refractivity contribution is -0.136. The van der Waals surface area contributed by atoms with Crippen molar-refractivity contribution >= 4 is 17.6 Å². The van der Waals surface area contributed by atoms with E-state index in [1.165, 1.54) is 18.2 Å². The van der Waals surface area contributed by atoms with E-state index >= 15 is 0 Å². The molecule has 3 aromatic rings. The second-order valence-electron chi connectivity index (χ2n) is 5.80. The average Bonchev–Trinajstić information content (AvgIpc) is 2.72. The summed E-state index contributed by atoms with van der Waals surface area (Å²) in [6.07, 6.45) is 1.54. The Labute approximate surface area is 162 Å². The fourth-order valence-electron chi connectivity index (χ4n) is 2.50. The van der Waals surface area contributed by atoms with E-state index < -0.39 is 11.8 Å². The monoisotopic (exact) mass is 373 g/mol. The number of hydrogen-bond donors (Lipinski definition) is 0. The molecule has 4 nitrogen and oxygen atoms in total. The quantitative estimate of drug-likeness (QED) is 0.268. The van der Waals surface area contributed by atoms with Crippen molar-refractivity contribution < 1.29 is 18.7 Å². The van der Waals surface area contributed by atoms with Crippen LogP contribution in [0.4, 0.5) is 4.39 Å². The molecule has 0 saturated carbocycles. The normalized spacial score (nSPS) is 10.8. The minimum atomic E-state index is -0.556. The van der Waals surface area contributed by atoms with Crippen LogP contribution >= 0.6 is 0 Å². The number of hydrogen-bond acceptors (Lipinski definition) is 4. The van der Waals surface area contributed by atoms with Crippen molar-refractivity contribution in [3.8, 4) is 17.6 Å². The molecule has 3 rings (SSSR count). The highest BCUT2D eigenvalue weighted by atomic mass is 19.1. The molecule has 0 aliphatic carbocycles. The van der Waals surface area contributed by atoms with E-state index in [0.29, 0.717) is 17.1 Å². The highest BCUT2D eigenvalue weighted by Gasteiger charge is 2.09. The average molecular weight is 373 g/mol. The third-order valence-electron chi connectivity index (χ3n) is 3.79. The van der Waals surface area contributed by atoms with E-state index in [1.54, 1.807) is 60.7 Å². The van der Waals surface area contributed by atoms with Crippen LogP contribution in [0, 0.1) is 17.1 Å². The summed E-state index contributed by atoms with van der Waals surface area (Å²) in [5.41, 5.74) is 0.992. The number of esters is 1. The lowest BCUT2D eigenvalue weighted by atomic mass is 10.0. The topological polar surface area (TPSA) is 59.3 Å². The van der Waals surface area contributed by atoms with Gasteiger partial charge in [0.2, 0.25) is 0 Å². The Morgan fingerprint density at radius 3 is 2.43 bits per heavy atom. The van der Waals surface area contributed by atoms with Crippen molar-refractivity contribution in [3.63, 3.8) is 0 Å². The third kappa shape index (κ3) is 5.05. The number of para-hydroxylation sites is 1. The molecule has 0 aromatic heterocycles. The lowest BCUT2D eigenvalue weighted by Gasteiger charge is -2.07. The van der Waals surface area contributed by atoms with Gasteiger partial charge in [-0.1, -0.05) is 48.5 Å². The number of nitriles is 1. The Morgan fingerprint density at radius 2 is 1.68 bits per heavy atom. The van der Waals surface area contributed by atoms with E-state index in [4.69, 9.17) is 9.47 Å². The molecule has 0 atom stereocenters.